The van der Waals surface area contributed by atoms with Crippen molar-refractivity contribution in [1.82, 2.24) is 10.2 Å². The minimum absolute atomic E-state index is 0.0115. The topological polar surface area (TPSA) is 32.3 Å². The second-order valence-electron chi connectivity index (χ2n) is 8.08. The molecule has 3 nitrogen and oxygen atoms in total. The number of carbonyl (C=O) groups excluding carboxylic acids is 1. The maximum Gasteiger partial charge on any atom is 0.416 e. The van der Waals surface area contributed by atoms with Crippen LogP contribution in [0.15, 0.2) is 24.3 Å². The third-order valence-corrected chi connectivity index (χ3v) is 6.08. The lowest BCUT2D eigenvalue weighted by Gasteiger charge is -2.35. The third kappa shape index (κ3) is 3.61. The number of alkyl halides is 3. The van der Waals surface area contributed by atoms with E-state index in [4.69, 9.17) is 0 Å². The van der Waals surface area contributed by atoms with E-state index in [0.29, 0.717) is 37.5 Å². The van der Waals surface area contributed by atoms with Crippen molar-refractivity contribution in [1.29, 1.82) is 0 Å². The Morgan fingerprint density at radius 3 is 2.42 bits per heavy atom. The smallest absolute Gasteiger partial charge is 0.342 e. The maximum absolute atomic E-state index is 13.1. The molecule has 142 valence electrons. The summed E-state index contributed by atoms with van der Waals surface area (Å²) >= 11 is 0. The predicted octanol–water partition coefficient (Wildman–Crippen LogP) is 3.73. The van der Waals surface area contributed by atoms with Crippen LogP contribution in [0.3, 0.4) is 0 Å². The lowest BCUT2D eigenvalue weighted by molar-refractivity contribution is -0.138. The Labute approximate surface area is 151 Å². The van der Waals surface area contributed by atoms with Gasteiger partial charge in [-0.3, -0.25) is 4.79 Å². The van der Waals surface area contributed by atoms with E-state index in [-0.39, 0.29) is 5.91 Å². The second-order valence-corrected chi connectivity index (χ2v) is 8.08. The number of likely N-dealkylation sites (tertiary alicyclic amines) is 1. The zero-order chi connectivity index (χ0) is 18.4. The van der Waals surface area contributed by atoms with Crippen LogP contribution in [0.25, 0.3) is 0 Å². The van der Waals surface area contributed by atoms with Gasteiger partial charge in [0.1, 0.15) is 0 Å². The largest absolute Gasteiger partial charge is 0.416 e. The summed E-state index contributed by atoms with van der Waals surface area (Å²) in [4.78, 5) is 14.9. The fourth-order valence-corrected chi connectivity index (χ4v) is 3.99. The molecular formula is C20H25F3N2O. The van der Waals surface area contributed by atoms with Crippen molar-refractivity contribution in [3.63, 3.8) is 0 Å². The highest BCUT2D eigenvalue weighted by molar-refractivity contribution is 5.91. The minimum atomic E-state index is -4.37. The van der Waals surface area contributed by atoms with E-state index in [9.17, 15) is 18.0 Å². The van der Waals surface area contributed by atoms with Gasteiger partial charge in [0.25, 0.3) is 0 Å². The zero-order valence-corrected chi connectivity index (χ0v) is 14.8. The molecule has 0 bridgehead atoms. The van der Waals surface area contributed by atoms with E-state index in [1.807, 2.05) is 4.90 Å². The molecule has 0 atom stereocenters. The number of carbonyl (C=O) groups is 1. The standard InChI is InChI=1S/C20H25F3N2O/c21-20(22,23)16-3-1-2-15(12-16)19(8-9-19)18(26)25-10-6-17(7-11-25)24-13-14-4-5-14/h1-3,12,14,17,24H,4-11,13H2. The molecule has 26 heavy (non-hydrogen) atoms. The third-order valence-electron chi connectivity index (χ3n) is 6.08. The molecule has 0 unspecified atom stereocenters. The number of benzene rings is 1. The van der Waals surface area contributed by atoms with E-state index in [1.165, 1.54) is 18.9 Å². The number of nitrogens with one attached hydrogen (secondary N) is 1. The average molecular weight is 366 g/mol. The minimum Gasteiger partial charge on any atom is -0.342 e. The Bertz CT molecular complexity index is 672. The second kappa shape index (κ2) is 6.55. The maximum atomic E-state index is 13.1. The quantitative estimate of drug-likeness (QED) is 0.861. The highest BCUT2D eigenvalue weighted by Gasteiger charge is 2.53. The van der Waals surface area contributed by atoms with Crippen LogP contribution in [0.2, 0.25) is 0 Å². The molecule has 1 saturated heterocycles. The van der Waals surface area contributed by atoms with Crippen LogP contribution in [0, 0.1) is 5.92 Å². The lowest BCUT2D eigenvalue weighted by atomic mass is 9.91. The van der Waals surface area contributed by atoms with E-state index < -0.39 is 17.2 Å². The van der Waals surface area contributed by atoms with Gasteiger partial charge < -0.3 is 10.2 Å². The fourth-order valence-electron chi connectivity index (χ4n) is 3.99. The Hall–Kier alpha value is -1.56. The molecule has 0 radical (unpaired) electrons. The van der Waals surface area contributed by atoms with E-state index in [0.717, 1.165) is 37.4 Å². The van der Waals surface area contributed by atoms with Crippen molar-refractivity contribution in [3.8, 4) is 0 Å². The van der Waals surface area contributed by atoms with Gasteiger partial charge in [0.05, 0.1) is 11.0 Å². The molecule has 0 spiro atoms. The van der Waals surface area contributed by atoms with Crippen molar-refractivity contribution in [2.24, 2.45) is 5.92 Å². The number of halogens is 3. The average Bonchev–Trinajstić information content (AvgIpc) is 3.54. The summed E-state index contributed by atoms with van der Waals surface area (Å²) in [7, 11) is 0. The summed E-state index contributed by atoms with van der Waals surface area (Å²) in [5.41, 5.74) is -0.876. The zero-order valence-electron chi connectivity index (χ0n) is 14.8. The number of amides is 1. The van der Waals surface area contributed by atoms with Gasteiger partial charge in [-0.25, -0.2) is 0 Å². The first-order valence-electron chi connectivity index (χ1n) is 9.59. The van der Waals surface area contributed by atoms with Crippen molar-refractivity contribution in [2.45, 2.75) is 56.2 Å². The van der Waals surface area contributed by atoms with Gasteiger partial charge in [0.2, 0.25) is 5.91 Å². The molecular weight excluding hydrogens is 341 g/mol. The van der Waals surface area contributed by atoms with Crippen LogP contribution in [-0.4, -0.2) is 36.5 Å². The SMILES string of the molecule is O=C(N1CCC(NCC2CC2)CC1)C1(c2cccc(C(F)(F)F)c2)CC1. The molecule has 6 heteroatoms. The van der Waals surface area contributed by atoms with Crippen LogP contribution in [0.1, 0.15) is 49.7 Å². The Kier molecular flexibility index (Phi) is 4.49. The Morgan fingerprint density at radius 1 is 1.15 bits per heavy atom. The number of hydrogen-bond donors (Lipinski definition) is 1. The van der Waals surface area contributed by atoms with Gasteiger partial charge in [-0.1, -0.05) is 18.2 Å². The number of rotatable bonds is 5. The molecule has 4 rings (SSSR count). The van der Waals surface area contributed by atoms with Crippen molar-refractivity contribution < 1.29 is 18.0 Å². The monoisotopic (exact) mass is 366 g/mol. The molecule has 2 saturated carbocycles. The summed E-state index contributed by atoms with van der Waals surface area (Å²) in [6, 6.07) is 5.78. The molecule has 1 amide bonds. The van der Waals surface area contributed by atoms with Crippen LogP contribution in [0.5, 0.6) is 0 Å². The predicted molar refractivity (Wildman–Crippen MR) is 92.7 cm³/mol. The molecule has 1 aliphatic heterocycles. The Balaban J connectivity index is 1.40. The molecule has 1 N–H and O–H groups in total. The van der Waals surface area contributed by atoms with Gasteiger partial charge in [-0.2, -0.15) is 13.2 Å². The van der Waals surface area contributed by atoms with Gasteiger partial charge in [-0.05, 0) is 62.6 Å². The summed E-state index contributed by atoms with van der Waals surface area (Å²) in [5.74, 6) is 0.850. The van der Waals surface area contributed by atoms with Gasteiger partial charge in [-0.15, -0.1) is 0 Å². The number of piperidine rings is 1. The molecule has 3 aliphatic rings. The highest BCUT2D eigenvalue weighted by Crippen LogP contribution is 2.50. The Morgan fingerprint density at radius 2 is 1.85 bits per heavy atom. The number of hydrogen-bond acceptors (Lipinski definition) is 2. The fraction of sp³-hybridized carbons (Fsp3) is 0.650. The molecule has 2 aliphatic carbocycles. The normalized spacial score (nSPS) is 23.1. The van der Waals surface area contributed by atoms with Gasteiger partial charge in [0.15, 0.2) is 0 Å². The van der Waals surface area contributed by atoms with E-state index in [1.54, 1.807) is 6.07 Å². The first-order chi connectivity index (χ1) is 12.4. The summed E-state index contributed by atoms with van der Waals surface area (Å²) < 4.78 is 39.0. The first kappa shape index (κ1) is 17.8. The van der Waals surface area contributed by atoms with Crippen molar-refractivity contribution in [3.05, 3.63) is 35.4 Å². The summed E-state index contributed by atoms with van der Waals surface area (Å²) in [6.07, 6.45) is 1.42. The first-order valence-corrected chi connectivity index (χ1v) is 9.59. The molecule has 1 aromatic rings. The molecule has 0 aromatic heterocycles. The van der Waals surface area contributed by atoms with Crippen molar-refractivity contribution >= 4 is 5.91 Å². The van der Waals surface area contributed by atoms with Crippen LogP contribution < -0.4 is 5.32 Å². The van der Waals surface area contributed by atoms with E-state index in [2.05, 4.69) is 5.32 Å². The molecule has 1 heterocycles. The molecule has 1 aromatic carbocycles. The van der Waals surface area contributed by atoms with Crippen LogP contribution >= 0.6 is 0 Å². The van der Waals surface area contributed by atoms with E-state index >= 15 is 0 Å². The van der Waals surface area contributed by atoms with Gasteiger partial charge >= 0.3 is 6.18 Å². The van der Waals surface area contributed by atoms with Crippen LogP contribution in [0.4, 0.5) is 13.2 Å². The summed E-state index contributed by atoms with van der Waals surface area (Å²) in [5, 5.41) is 3.59. The molecule has 3 fully saturated rings. The van der Waals surface area contributed by atoms with Crippen LogP contribution in [-0.2, 0) is 16.4 Å². The highest BCUT2D eigenvalue weighted by atomic mass is 19.4. The van der Waals surface area contributed by atoms with Gasteiger partial charge in [0, 0.05) is 19.1 Å². The number of nitrogens with zero attached hydrogens (tertiary/aromatic N) is 1. The lowest BCUT2D eigenvalue weighted by Crippen LogP contribution is -2.48. The van der Waals surface area contributed by atoms with Crippen molar-refractivity contribution in [2.75, 3.05) is 19.6 Å². The summed E-state index contributed by atoms with van der Waals surface area (Å²) in [6.45, 7) is 2.47.